The maximum atomic E-state index is 13.3. The molecule has 0 aliphatic carbocycles. The van der Waals surface area contributed by atoms with E-state index in [0.29, 0.717) is 12.1 Å². The Kier molecular flexibility index (Phi) is 4.82. The molecule has 0 radical (unpaired) electrons. The van der Waals surface area contributed by atoms with E-state index in [-0.39, 0.29) is 29.0 Å². The van der Waals surface area contributed by atoms with Gasteiger partial charge in [-0.1, -0.05) is 24.3 Å². The highest BCUT2D eigenvalue weighted by Crippen LogP contribution is 2.36. The number of ether oxygens (including phenoxy) is 2. The number of hydrogen-bond acceptors (Lipinski definition) is 6. The van der Waals surface area contributed by atoms with Gasteiger partial charge in [-0.3, -0.25) is 4.31 Å². The maximum Gasteiger partial charge on any atom is 0.347 e. The molecule has 0 saturated carbocycles. The van der Waals surface area contributed by atoms with E-state index < -0.39 is 28.1 Å². The van der Waals surface area contributed by atoms with Gasteiger partial charge in [0.05, 0.1) is 16.1 Å². The van der Waals surface area contributed by atoms with Gasteiger partial charge in [-0.25, -0.2) is 18.0 Å². The Morgan fingerprint density at radius 3 is 2.62 bits per heavy atom. The highest BCUT2D eigenvalue weighted by atomic mass is 32.2. The second kappa shape index (κ2) is 7.18. The van der Waals surface area contributed by atoms with Crippen LogP contribution in [0.25, 0.3) is 0 Å². The largest absolute Gasteiger partial charge is 0.460 e. The first kappa shape index (κ1) is 19.4. The summed E-state index contributed by atoms with van der Waals surface area (Å²) in [5, 5.41) is 0. The van der Waals surface area contributed by atoms with Crippen LogP contribution in [0.4, 0.5) is 5.69 Å². The van der Waals surface area contributed by atoms with Gasteiger partial charge in [0.1, 0.15) is 6.10 Å². The molecule has 0 aromatic heterocycles. The molecule has 7 nitrogen and oxygen atoms in total. The SMILES string of the molecule is C[C@@H]1C[C@H](OC(=O)c2cccc(S(=O)(=O)N3c4ccccc4C[C@@H]3C)c2)C(=O)O1. The van der Waals surface area contributed by atoms with Crippen LogP contribution in [0.1, 0.15) is 36.2 Å². The summed E-state index contributed by atoms with van der Waals surface area (Å²) in [6, 6.07) is 12.8. The molecular weight excluding hydrogens is 394 g/mol. The smallest absolute Gasteiger partial charge is 0.347 e. The van der Waals surface area contributed by atoms with E-state index in [1.165, 1.54) is 28.6 Å². The number of para-hydroxylation sites is 1. The monoisotopic (exact) mass is 415 g/mol. The fourth-order valence-corrected chi connectivity index (χ4v) is 5.55. The minimum atomic E-state index is -3.87. The number of hydrogen-bond donors (Lipinski definition) is 0. The third kappa shape index (κ3) is 3.48. The summed E-state index contributed by atoms with van der Waals surface area (Å²) in [7, 11) is -3.87. The van der Waals surface area contributed by atoms with Crippen LogP contribution in [0.2, 0.25) is 0 Å². The summed E-state index contributed by atoms with van der Waals surface area (Å²) in [6.45, 7) is 3.57. The number of cyclic esters (lactones) is 1. The Hall–Kier alpha value is -2.87. The van der Waals surface area contributed by atoms with Gasteiger partial charge in [-0.15, -0.1) is 0 Å². The Morgan fingerprint density at radius 1 is 1.14 bits per heavy atom. The molecule has 8 heteroatoms. The second-order valence-corrected chi connectivity index (χ2v) is 9.20. The molecule has 0 N–H and O–H groups in total. The third-order valence-electron chi connectivity index (χ3n) is 5.15. The van der Waals surface area contributed by atoms with Crippen LogP contribution in [0.15, 0.2) is 53.4 Å². The van der Waals surface area contributed by atoms with E-state index in [2.05, 4.69) is 0 Å². The Labute approximate surface area is 169 Å². The number of benzene rings is 2. The van der Waals surface area contributed by atoms with Gasteiger partial charge in [0, 0.05) is 12.5 Å². The molecule has 2 aliphatic heterocycles. The van der Waals surface area contributed by atoms with Crippen molar-refractivity contribution < 1.29 is 27.5 Å². The minimum absolute atomic E-state index is 0.00197. The first-order valence-corrected chi connectivity index (χ1v) is 10.9. The van der Waals surface area contributed by atoms with Crippen LogP contribution >= 0.6 is 0 Å². The van der Waals surface area contributed by atoms with Gasteiger partial charge in [-0.05, 0) is 50.1 Å². The minimum Gasteiger partial charge on any atom is -0.460 e. The van der Waals surface area contributed by atoms with Crippen molar-refractivity contribution >= 4 is 27.6 Å². The maximum absolute atomic E-state index is 13.3. The molecule has 152 valence electrons. The van der Waals surface area contributed by atoms with Gasteiger partial charge in [-0.2, -0.15) is 0 Å². The predicted molar refractivity (Wildman–Crippen MR) is 105 cm³/mol. The van der Waals surface area contributed by atoms with Crippen LogP contribution in [0.3, 0.4) is 0 Å². The number of anilines is 1. The highest BCUT2D eigenvalue weighted by Gasteiger charge is 2.37. The van der Waals surface area contributed by atoms with Crippen molar-refractivity contribution in [1.29, 1.82) is 0 Å². The van der Waals surface area contributed by atoms with Gasteiger partial charge >= 0.3 is 11.9 Å². The molecule has 0 amide bonds. The molecule has 2 heterocycles. The number of fused-ring (bicyclic) bond motifs is 1. The number of nitrogens with zero attached hydrogens (tertiary/aromatic N) is 1. The molecule has 3 atom stereocenters. The molecule has 0 bridgehead atoms. The molecule has 29 heavy (non-hydrogen) atoms. The number of carbonyl (C=O) groups is 2. The normalized spacial score (nSPS) is 23.6. The van der Waals surface area contributed by atoms with Crippen LogP contribution in [0.5, 0.6) is 0 Å². The summed E-state index contributed by atoms with van der Waals surface area (Å²) in [5.74, 6) is -1.34. The summed E-state index contributed by atoms with van der Waals surface area (Å²) in [4.78, 5) is 24.2. The van der Waals surface area contributed by atoms with Crippen molar-refractivity contribution in [2.24, 2.45) is 0 Å². The zero-order chi connectivity index (χ0) is 20.8. The van der Waals surface area contributed by atoms with E-state index in [0.717, 1.165) is 5.56 Å². The average molecular weight is 415 g/mol. The first-order chi connectivity index (χ1) is 13.8. The van der Waals surface area contributed by atoms with Crippen molar-refractivity contribution in [2.45, 2.75) is 49.8 Å². The molecule has 2 aromatic rings. The average Bonchev–Trinajstić information content (AvgIpc) is 3.19. The molecule has 1 fully saturated rings. The van der Waals surface area contributed by atoms with E-state index >= 15 is 0 Å². The summed E-state index contributed by atoms with van der Waals surface area (Å²) in [6.07, 6.45) is -0.379. The number of rotatable bonds is 4. The molecular formula is C21H21NO6S. The number of sulfonamides is 1. The number of esters is 2. The van der Waals surface area contributed by atoms with Crippen molar-refractivity contribution in [3.8, 4) is 0 Å². The number of carbonyl (C=O) groups excluding carboxylic acids is 2. The Morgan fingerprint density at radius 2 is 1.90 bits per heavy atom. The Balaban J connectivity index is 1.61. The van der Waals surface area contributed by atoms with Crippen LogP contribution < -0.4 is 4.31 Å². The van der Waals surface area contributed by atoms with Crippen molar-refractivity contribution in [1.82, 2.24) is 0 Å². The van der Waals surface area contributed by atoms with Gasteiger partial charge in [0.25, 0.3) is 10.0 Å². The molecule has 0 spiro atoms. The zero-order valence-electron chi connectivity index (χ0n) is 16.1. The second-order valence-electron chi connectivity index (χ2n) is 7.39. The van der Waals surface area contributed by atoms with Gasteiger partial charge < -0.3 is 9.47 Å². The summed E-state index contributed by atoms with van der Waals surface area (Å²) < 4.78 is 38.2. The molecule has 2 aromatic carbocycles. The van der Waals surface area contributed by atoms with Crippen LogP contribution in [-0.4, -0.2) is 38.6 Å². The summed E-state index contributed by atoms with van der Waals surface area (Å²) >= 11 is 0. The molecule has 0 unspecified atom stereocenters. The van der Waals surface area contributed by atoms with Crippen LogP contribution in [-0.2, 0) is 30.7 Å². The summed E-state index contributed by atoms with van der Waals surface area (Å²) in [5.41, 5.74) is 1.68. The van der Waals surface area contributed by atoms with E-state index in [1.54, 1.807) is 19.1 Å². The predicted octanol–water partition coefficient (Wildman–Crippen LogP) is 2.69. The fourth-order valence-electron chi connectivity index (χ4n) is 3.81. The van der Waals surface area contributed by atoms with Crippen molar-refractivity contribution in [3.63, 3.8) is 0 Å². The Bertz CT molecular complexity index is 1080. The molecule has 4 rings (SSSR count). The van der Waals surface area contributed by atoms with E-state index in [9.17, 15) is 18.0 Å². The lowest BCUT2D eigenvalue weighted by Gasteiger charge is -2.24. The first-order valence-electron chi connectivity index (χ1n) is 9.41. The van der Waals surface area contributed by atoms with Gasteiger partial charge in [0.2, 0.25) is 6.10 Å². The lowest BCUT2D eigenvalue weighted by Crippen LogP contribution is -2.35. The molecule has 2 aliphatic rings. The van der Waals surface area contributed by atoms with E-state index in [4.69, 9.17) is 9.47 Å². The lowest BCUT2D eigenvalue weighted by molar-refractivity contribution is -0.147. The topological polar surface area (TPSA) is 90.0 Å². The van der Waals surface area contributed by atoms with Crippen LogP contribution in [0, 0.1) is 0 Å². The van der Waals surface area contributed by atoms with Crippen molar-refractivity contribution in [3.05, 3.63) is 59.7 Å². The van der Waals surface area contributed by atoms with Gasteiger partial charge in [0.15, 0.2) is 0 Å². The fraction of sp³-hybridized carbons (Fsp3) is 0.333. The van der Waals surface area contributed by atoms with Crippen molar-refractivity contribution in [2.75, 3.05) is 4.31 Å². The molecule has 1 saturated heterocycles. The van der Waals surface area contributed by atoms with E-state index in [1.807, 2.05) is 19.1 Å². The standard InChI is InChI=1S/C21H21NO6S/c1-13-10-15-6-3-4-9-18(15)22(13)29(25,26)17-8-5-7-16(12-17)20(23)28-19-11-14(2)27-21(19)24/h3-9,12-14,19H,10-11H2,1-2H3/t13-,14+,19-/m0/s1. The third-order valence-corrected chi connectivity index (χ3v) is 7.07. The zero-order valence-corrected chi connectivity index (χ0v) is 16.9. The highest BCUT2D eigenvalue weighted by molar-refractivity contribution is 7.92. The lowest BCUT2D eigenvalue weighted by atomic mass is 10.1. The quantitative estimate of drug-likeness (QED) is 0.714.